The van der Waals surface area contributed by atoms with Crippen molar-refractivity contribution in [3.63, 3.8) is 0 Å². The maximum absolute atomic E-state index is 13.0. The fourth-order valence-corrected chi connectivity index (χ4v) is 3.82. The number of primary sulfonamides is 1. The van der Waals surface area contributed by atoms with Crippen LogP contribution in [0.2, 0.25) is 0 Å². The summed E-state index contributed by atoms with van der Waals surface area (Å²) in [5.74, 6) is -0.374. The lowest BCUT2D eigenvalue weighted by Gasteiger charge is -2.11. The largest absolute Gasteiger partial charge is 0.442 e. The van der Waals surface area contributed by atoms with Crippen LogP contribution < -0.4 is 16.0 Å². The van der Waals surface area contributed by atoms with Crippen LogP contribution in [0.15, 0.2) is 38.9 Å². The third-order valence-electron chi connectivity index (χ3n) is 4.79. The normalized spacial score (nSPS) is 16.8. The molecule has 1 saturated heterocycles. The molecule has 30 heavy (non-hydrogen) atoms. The predicted molar refractivity (Wildman–Crippen MR) is 106 cm³/mol. The minimum absolute atomic E-state index is 0.0553. The summed E-state index contributed by atoms with van der Waals surface area (Å²) in [5.41, 5.74) is -0.0569. The fraction of sp³-hybridized carbons (Fsp3) is 0.333. The molecular weight excluding hydrogens is 414 g/mol. The Kier molecular flexibility index (Phi) is 5.13. The predicted octanol–water partition coefficient (Wildman–Crippen LogP) is 0.772. The molecule has 0 aliphatic carbocycles. The van der Waals surface area contributed by atoms with Gasteiger partial charge in [-0.2, -0.15) is 0 Å². The number of sulfonamides is 1. The Morgan fingerprint density at radius 1 is 1.37 bits per heavy atom. The van der Waals surface area contributed by atoms with Gasteiger partial charge in [-0.05, 0) is 31.9 Å². The van der Waals surface area contributed by atoms with E-state index in [0.717, 1.165) is 19.0 Å². The summed E-state index contributed by atoms with van der Waals surface area (Å²) >= 11 is 0. The Hall–Kier alpha value is -3.09. The summed E-state index contributed by atoms with van der Waals surface area (Å²) in [6.07, 6.45) is 4.25. The standard InChI is InChI=1S/C18H19N5O6S/c1-10-14(16(24)22-11-4-5-13(20-7-11)30(19,26)27)15-17(29-10)21-9-23(18(15)25)8-12-3-2-6-28-12/h4-5,7,9,12H,2-3,6,8H2,1H3,(H,22,24)(H2,19,26,27)/t12-/m1/s1. The van der Waals surface area contributed by atoms with E-state index in [0.29, 0.717) is 13.2 Å². The highest BCUT2D eigenvalue weighted by molar-refractivity contribution is 7.89. The van der Waals surface area contributed by atoms with Gasteiger partial charge in [0.1, 0.15) is 17.5 Å². The van der Waals surface area contributed by atoms with Gasteiger partial charge in [-0.3, -0.25) is 14.2 Å². The van der Waals surface area contributed by atoms with Crippen LogP contribution in [0.5, 0.6) is 0 Å². The van der Waals surface area contributed by atoms with Gasteiger partial charge in [0.05, 0.1) is 30.1 Å². The van der Waals surface area contributed by atoms with Gasteiger partial charge in [-0.1, -0.05) is 0 Å². The van der Waals surface area contributed by atoms with Gasteiger partial charge in [0.25, 0.3) is 21.5 Å². The molecule has 4 rings (SSSR count). The molecule has 0 radical (unpaired) electrons. The van der Waals surface area contributed by atoms with Gasteiger partial charge in [-0.25, -0.2) is 23.5 Å². The van der Waals surface area contributed by atoms with E-state index in [2.05, 4.69) is 15.3 Å². The van der Waals surface area contributed by atoms with Crippen LogP contribution in [0.4, 0.5) is 5.69 Å². The van der Waals surface area contributed by atoms with E-state index in [-0.39, 0.29) is 39.2 Å². The van der Waals surface area contributed by atoms with E-state index in [1.807, 2.05) is 0 Å². The highest BCUT2D eigenvalue weighted by Gasteiger charge is 2.24. The minimum atomic E-state index is -3.95. The number of ether oxygens (including phenoxy) is 1. The fourth-order valence-electron chi connectivity index (χ4n) is 3.36. The lowest BCUT2D eigenvalue weighted by molar-refractivity contribution is 0.0960. The number of aryl methyl sites for hydroxylation is 1. The number of anilines is 1. The molecule has 0 bridgehead atoms. The van der Waals surface area contributed by atoms with Crippen LogP contribution in [0.1, 0.15) is 29.0 Å². The molecule has 3 aromatic heterocycles. The van der Waals surface area contributed by atoms with Gasteiger partial charge in [0.15, 0.2) is 5.03 Å². The van der Waals surface area contributed by atoms with E-state index >= 15 is 0 Å². The second-order valence-electron chi connectivity index (χ2n) is 6.93. The van der Waals surface area contributed by atoms with Gasteiger partial charge >= 0.3 is 0 Å². The second-order valence-corrected chi connectivity index (χ2v) is 8.44. The monoisotopic (exact) mass is 433 g/mol. The van der Waals surface area contributed by atoms with E-state index < -0.39 is 21.5 Å². The minimum Gasteiger partial charge on any atom is -0.442 e. The van der Waals surface area contributed by atoms with Gasteiger partial charge in [-0.15, -0.1) is 0 Å². The van der Waals surface area contributed by atoms with Crippen LogP contribution in [-0.2, 0) is 21.3 Å². The number of furan rings is 1. The number of pyridine rings is 1. The molecule has 0 saturated carbocycles. The quantitative estimate of drug-likeness (QED) is 0.597. The highest BCUT2D eigenvalue weighted by Crippen LogP contribution is 2.23. The number of amides is 1. The number of fused-ring (bicyclic) bond motifs is 1. The van der Waals surface area contributed by atoms with Gasteiger partial charge in [0, 0.05) is 6.61 Å². The van der Waals surface area contributed by atoms with Crippen LogP contribution in [0.25, 0.3) is 11.1 Å². The first-order valence-electron chi connectivity index (χ1n) is 9.14. The maximum atomic E-state index is 13.0. The van der Waals surface area contributed by atoms with Crippen molar-refractivity contribution in [1.29, 1.82) is 0 Å². The Labute approximate surface area is 170 Å². The molecule has 1 aliphatic rings. The molecule has 3 aromatic rings. The average molecular weight is 433 g/mol. The molecule has 4 heterocycles. The van der Waals surface area contributed by atoms with Crippen molar-refractivity contribution in [2.75, 3.05) is 11.9 Å². The van der Waals surface area contributed by atoms with E-state index in [1.165, 1.54) is 23.0 Å². The Morgan fingerprint density at radius 2 is 2.17 bits per heavy atom. The zero-order valence-corrected chi connectivity index (χ0v) is 16.8. The van der Waals surface area contributed by atoms with E-state index in [9.17, 15) is 18.0 Å². The smallest absolute Gasteiger partial charge is 0.265 e. The van der Waals surface area contributed by atoms with Crippen LogP contribution in [-0.4, -0.2) is 41.6 Å². The second kappa shape index (κ2) is 7.63. The Morgan fingerprint density at radius 3 is 2.80 bits per heavy atom. The molecule has 0 aromatic carbocycles. The van der Waals surface area contributed by atoms with Crippen molar-refractivity contribution in [3.05, 3.63) is 46.3 Å². The molecule has 1 fully saturated rings. The van der Waals surface area contributed by atoms with Gasteiger partial charge in [0.2, 0.25) is 5.71 Å². The first-order valence-corrected chi connectivity index (χ1v) is 10.7. The van der Waals surface area contributed by atoms with Crippen molar-refractivity contribution >= 4 is 32.7 Å². The third-order valence-corrected chi connectivity index (χ3v) is 5.62. The molecule has 0 unspecified atom stereocenters. The van der Waals surface area contributed by atoms with E-state index in [4.69, 9.17) is 14.3 Å². The number of nitrogens with one attached hydrogen (secondary N) is 1. The first-order chi connectivity index (χ1) is 14.2. The number of carbonyl (C=O) groups excluding carboxylic acids is 1. The number of rotatable bonds is 5. The number of hydrogen-bond donors (Lipinski definition) is 2. The zero-order chi connectivity index (χ0) is 21.5. The summed E-state index contributed by atoms with van der Waals surface area (Å²) in [6, 6.07) is 2.51. The maximum Gasteiger partial charge on any atom is 0.265 e. The number of nitrogens with two attached hydrogens (primary N) is 1. The Balaban J connectivity index is 1.66. The number of nitrogens with zero attached hydrogens (tertiary/aromatic N) is 3. The van der Waals surface area contributed by atoms with Crippen molar-refractivity contribution in [2.45, 2.75) is 37.4 Å². The number of carbonyl (C=O) groups is 1. The first kappa shape index (κ1) is 20.2. The van der Waals surface area contributed by atoms with Crippen LogP contribution in [0.3, 0.4) is 0 Å². The number of aromatic nitrogens is 3. The average Bonchev–Trinajstić information content (AvgIpc) is 3.31. The lowest BCUT2D eigenvalue weighted by atomic mass is 10.1. The summed E-state index contributed by atoms with van der Waals surface area (Å²) < 4.78 is 35.1. The van der Waals surface area contributed by atoms with Crippen molar-refractivity contribution in [2.24, 2.45) is 5.14 Å². The zero-order valence-electron chi connectivity index (χ0n) is 16.0. The third kappa shape index (κ3) is 3.84. The van der Waals surface area contributed by atoms with Crippen molar-refractivity contribution in [3.8, 4) is 0 Å². The molecule has 1 amide bonds. The van der Waals surface area contributed by atoms with Crippen LogP contribution >= 0.6 is 0 Å². The van der Waals surface area contributed by atoms with Crippen LogP contribution in [0, 0.1) is 6.92 Å². The molecule has 3 N–H and O–H groups in total. The topological polar surface area (TPSA) is 159 Å². The summed E-state index contributed by atoms with van der Waals surface area (Å²) in [4.78, 5) is 33.7. The van der Waals surface area contributed by atoms with Crippen molar-refractivity contribution in [1.82, 2.24) is 14.5 Å². The molecule has 1 atom stereocenters. The summed E-state index contributed by atoms with van der Waals surface area (Å²) in [7, 11) is -3.95. The molecule has 0 spiro atoms. The van der Waals surface area contributed by atoms with Gasteiger partial charge < -0.3 is 14.5 Å². The lowest BCUT2D eigenvalue weighted by Crippen LogP contribution is -2.27. The molecule has 12 heteroatoms. The molecule has 158 valence electrons. The molecular formula is C18H19N5O6S. The van der Waals surface area contributed by atoms with E-state index in [1.54, 1.807) is 6.92 Å². The number of hydrogen-bond acceptors (Lipinski definition) is 8. The molecule has 11 nitrogen and oxygen atoms in total. The summed E-state index contributed by atoms with van der Waals surface area (Å²) in [6.45, 7) is 2.56. The summed E-state index contributed by atoms with van der Waals surface area (Å²) in [5, 5.41) is 7.33. The highest BCUT2D eigenvalue weighted by atomic mass is 32.2. The van der Waals surface area contributed by atoms with Crippen molar-refractivity contribution < 1.29 is 22.4 Å². The SMILES string of the molecule is Cc1oc2ncn(C[C@H]3CCCO3)c(=O)c2c1C(=O)Nc1ccc(S(N)(=O)=O)nc1. The molecule has 1 aliphatic heterocycles. The Bertz CT molecular complexity index is 1270.